The third-order valence-corrected chi connectivity index (χ3v) is 3.16. The zero-order chi connectivity index (χ0) is 16.7. The van der Waals surface area contributed by atoms with E-state index in [2.05, 4.69) is 10.6 Å². The molecule has 1 rings (SSSR count). The van der Waals surface area contributed by atoms with Gasteiger partial charge in [0.15, 0.2) is 0 Å². The molecule has 0 bridgehead atoms. The zero-order valence-electron chi connectivity index (χ0n) is 12.1. The van der Waals surface area contributed by atoms with Gasteiger partial charge in [-0.05, 0) is 18.1 Å². The Morgan fingerprint density at radius 2 is 2.00 bits per heavy atom. The first-order valence-corrected chi connectivity index (χ1v) is 6.89. The molecule has 1 unspecified atom stereocenters. The molecule has 0 fully saturated rings. The second-order valence-electron chi connectivity index (χ2n) is 4.83. The van der Waals surface area contributed by atoms with E-state index in [0.717, 1.165) is 0 Å². The van der Waals surface area contributed by atoms with E-state index in [-0.39, 0.29) is 11.5 Å². The number of rotatable bonds is 6. The Morgan fingerprint density at radius 3 is 2.50 bits per heavy atom. The van der Waals surface area contributed by atoms with Gasteiger partial charge in [0.2, 0.25) is 0 Å². The Kier molecular flexibility index (Phi) is 6.42. The second kappa shape index (κ2) is 8.05. The van der Waals surface area contributed by atoms with E-state index in [0.29, 0.717) is 10.7 Å². The molecule has 0 aliphatic carbocycles. The van der Waals surface area contributed by atoms with Gasteiger partial charge in [0.1, 0.15) is 17.7 Å². The lowest BCUT2D eigenvalue weighted by molar-refractivity contribution is -0.142. The number of aliphatic carboxylic acids is 1. The van der Waals surface area contributed by atoms with Crippen molar-refractivity contribution in [1.29, 1.82) is 5.26 Å². The third kappa shape index (κ3) is 4.79. The highest BCUT2D eigenvalue weighted by Crippen LogP contribution is 2.20. The lowest BCUT2D eigenvalue weighted by Gasteiger charge is -2.17. The minimum absolute atomic E-state index is 0.244. The second-order valence-corrected chi connectivity index (χ2v) is 5.23. The number of hydrogen-bond acceptors (Lipinski definition) is 4. The molecule has 7 heteroatoms. The van der Waals surface area contributed by atoms with Crippen LogP contribution in [0.4, 0.5) is 5.69 Å². The number of carboxylic acids is 1. The molecule has 3 N–H and O–H groups in total. The maximum atomic E-state index is 12.0. The van der Waals surface area contributed by atoms with Crippen molar-refractivity contribution in [3.63, 3.8) is 0 Å². The predicted octanol–water partition coefficient (Wildman–Crippen LogP) is 2.38. The molecule has 0 spiro atoms. The highest BCUT2D eigenvalue weighted by atomic mass is 35.5. The van der Waals surface area contributed by atoms with Gasteiger partial charge < -0.3 is 15.7 Å². The molecule has 0 radical (unpaired) electrons. The van der Waals surface area contributed by atoms with Crippen LogP contribution < -0.4 is 10.6 Å². The number of hydrogen-bond donors (Lipinski definition) is 3. The predicted molar refractivity (Wildman–Crippen MR) is 83.2 cm³/mol. The summed E-state index contributed by atoms with van der Waals surface area (Å²) in [5, 5.41) is 23.6. The van der Waals surface area contributed by atoms with Gasteiger partial charge in [0, 0.05) is 6.20 Å². The average molecular weight is 322 g/mol. The number of nitrogens with zero attached hydrogens (tertiary/aromatic N) is 1. The average Bonchev–Trinajstić information content (AvgIpc) is 2.46. The van der Waals surface area contributed by atoms with Gasteiger partial charge in [0.25, 0.3) is 5.91 Å². The molecule has 0 saturated heterocycles. The number of halogens is 1. The van der Waals surface area contributed by atoms with Gasteiger partial charge >= 0.3 is 5.97 Å². The van der Waals surface area contributed by atoms with E-state index in [1.54, 1.807) is 44.2 Å². The molecular weight excluding hydrogens is 306 g/mol. The van der Waals surface area contributed by atoms with E-state index >= 15 is 0 Å². The van der Waals surface area contributed by atoms with Gasteiger partial charge in [-0.3, -0.25) is 4.79 Å². The molecule has 0 aliphatic heterocycles. The fourth-order valence-corrected chi connectivity index (χ4v) is 1.80. The Bertz CT molecular complexity index is 635. The number of para-hydroxylation sites is 1. The third-order valence-electron chi connectivity index (χ3n) is 2.83. The standard InChI is InChI=1S/C15H16ClN3O3/c1-9(2)13(15(21)22)19-14(20)10(7-17)8-18-12-6-4-3-5-11(12)16/h3-6,8-9,13,18H,1-2H3,(H,19,20)(H,21,22)/b10-8-. The Labute approximate surface area is 133 Å². The van der Waals surface area contributed by atoms with E-state index in [1.165, 1.54) is 6.20 Å². The topological polar surface area (TPSA) is 102 Å². The molecule has 116 valence electrons. The van der Waals surface area contributed by atoms with Crippen LogP contribution in [-0.2, 0) is 9.59 Å². The first-order valence-electron chi connectivity index (χ1n) is 6.51. The van der Waals surface area contributed by atoms with E-state index in [9.17, 15) is 9.59 Å². The number of nitriles is 1. The molecule has 0 saturated carbocycles. The van der Waals surface area contributed by atoms with Crippen molar-refractivity contribution in [1.82, 2.24) is 5.32 Å². The van der Waals surface area contributed by atoms with Gasteiger partial charge in [-0.1, -0.05) is 37.6 Å². The van der Waals surface area contributed by atoms with Crippen molar-refractivity contribution in [2.24, 2.45) is 5.92 Å². The van der Waals surface area contributed by atoms with Crippen molar-refractivity contribution in [3.8, 4) is 6.07 Å². The summed E-state index contributed by atoms with van der Waals surface area (Å²) >= 11 is 5.94. The number of anilines is 1. The summed E-state index contributed by atoms with van der Waals surface area (Å²) in [6.45, 7) is 3.33. The summed E-state index contributed by atoms with van der Waals surface area (Å²) in [6, 6.07) is 7.49. The Morgan fingerprint density at radius 1 is 1.36 bits per heavy atom. The van der Waals surface area contributed by atoms with Crippen molar-refractivity contribution in [3.05, 3.63) is 41.1 Å². The number of amides is 1. The van der Waals surface area contributed by atoms with Crippen molar-refractivity contribution in [2.75, 3.05) is 5.32 Å². The number of carboxylic acid groups (broad SMARTS) is 1. The molecule has 0 heterocycles. The molecule has 1 aromatic carbocycles. The van der Waals surface area contributed by atoms with Crippen LogP contribution in [0.2, 0.25) is 5.02 Å². The zero-order valence-corrected chi connectivity index (χ0v) is 12.9. The lowest BCUT2D eigenvalue weighted by Crippen LogP contribution is -2.44. The van der Waals surface area contributed by atoms with E-state index in [4.69, 9.17) is 22.0 Å². The normalized spacial score (nSPS) is 12.4. The summed E-state index contributed by atoms with van der Waals surface area (Å²) in [6.07, 6.45) is 1.19. The number of nitrogens with one attached hydrogen (secondary N) is 2. The van der Waals surface area contributed by atoms with Gasteiger partial charge in [-0.2, -0.15) is 5.26 Å². The SMILES string of the molecule is CC(C)C(NC(=O)/C(C#N)=C\Nc1ccccc1Cl)C(=O)O. The smallest absolute Gasteiger partial charge is 0.326 e. The van der Waals surface area contributed by atoms with Crippen molar-refractivity contribution < 1.29 is 14.7 Å². The van der Waals surface area contributed by atoms with Crippen LogP contribution in [0.25, 0.3) is 0 Å². The van der Waals surface area contributed by atoms with Gasteiger partial charge in [0.05, 0.1) is 10.7 Å². The molecule has 0 aromatic heterocycles. The minimum Gasteiger partial charge on any atom is -0.480 e. The lowest BCUT2D eigenvalue weighted by atomic mass is 10.0. The number of carbonyl (C=O) groups excluding carboxylic acids is 1. The number of carbonyl (C=O) groups is 2. The van der Waals surface area contributed by atoms with Crippen LogP contribution in [0, 0.1) is 17.2 Å². The molecule has 1 atom stereocenters. The fourth-order valence-electron chi connectivity index (χ4n) is 1.61. The molecule has 0 aliphatic rings. The molecule has 1 aromatic rings. The summed E-state index contributed by atoms with van der Waals surface area (Å²) in [5.74, 6) is -2.22. The highest BCUT2D eigenvalue weighted by Gasteiger charge is 2.24. The minimum atomic E-state index is -1.15. The largest absolute Gasteiger partial charge is 0.480 e. The molecule has 22 heavy (non-hydrogen) atoms. The quantitative estimate of drug-likeness (QED) is 0.551. The van der Waals surface area contributed by atoms with Crippen molar-refractivity contribution in [2.45, 2.75) is 19.9 Å². The Hall–Kier alpha value is -2.52. The van der Waals surface area contributed by atoms with Crippen LogP contribution in [0.15, 0.2) is 36.0 Å². The maximum absolute atomic E-state index is 12.0. The molecule has 6 nitrogen and oxygen atoms in total. The summed E-state index contributed by atoms with van der Waals surface area (Å²) < 4.78 is 0. The maximum Gasteiger partial charge on any atom is 0.326 e. The van der Waals surface area contributed by atoms with Crippen LogP contribution in [0.3, 0.4) is 0 Å². The van der Waals surface area contributed by atoms with Crippen molar-refractivity contribution >= 4 is 29.2 Å². The Balaban J connectivity index is 2.85. The summed E-state index contributed by atoms with van der Waals surface area (Å²) in [5.41, 5.74) is 0.287. The first kappa shape index (κ1) is 17.5. The van der Waals surface area contributed by atoms with Crippen LogP contribution in [0.1, 0.15) is 13.8 Å². The van der Waals surface area contributed by atoms with E-state index < -0.39 is 17.9 Å². The first-order chi connectivity index (χ1) is 10.4. The monoisotopic (exact) mass is 321 g/mol. The van der Waals surface area contributed by atoms with Gasteiger partial charge in [-0.15, -0.1) is 0 Å². The fraction of sp³-hybridized carbons (Fsp3) is 0.267. The molecule has 1 amide bonds. The van der Waals surface area contributed by atoms with Crippen LogP contribution in [0.5, 0.6) is 0 Å². The van der Waals surface area contributed by atoms with Gasteiger partial charge in [-0.25, -0.2) is 4.79 Å². The number of benzene rings is 1. The van der Waals surface area contributed by atoms with Crippen LogP contribution >= 0.6 is 11.6 Å². The summed E-state index contributed by atoms with van der Waals surface area (Å²) in [4.78, 5) is 23.0. The van der Waals surface area contributed by atoms with E-state index in [1.807, 2.05) is 0 Å². The highest BCUT2D eigenvalue weighted by molar-refractivity contribution is 6.33. The molecular formula is C15H16ClN3O3. The van der Waals surface area contributed by atoms with Crippen LogP contribution in [-0.4, -0.2) is 23.0 Å². The summed E-state index contributed by atoms with van der Waals surface area (Å²) in [7, 11) is 0.